The highest BCUT2D eigenvalue weighted by molar-refractivity contribution is 6.18. The molecule has 0 aliphatic heterocycles. The molecule has 6 aromatic carbocycles. The second kappa shape index (κ2) is 8.25. The topological polar surface area (TPSA) is 3.24 Å². The molecule has 0 radical (unpaired) electrons. The molecule has 36 heavy (non-hydrogen) atoms. The maximum absolute atomic E-state index is 2.33. The van der Waals surface area contributed by atoms with E-state index in [9.17, 15) is 0 Å². The standard InChI is InChI=1S/C35H25N/c1-24-17-19-27(20-18-24)36(26-10-3-2-4-11-26)28-12-7-9-25(23-28)29-21-22-34-31-14-6-5-13-30(31)33-16-8-15-32(29)35(33)34/h2-23H,1H3. The summed E-state index contributed by atoms with van der Waals surface area (Å²) >= 11 is 0. The van der Waals surface area contributed by atoms with Gasteiger partial charge in [0.1, 0.15) is 0 Å². The number of rotatable bonds is 4. The molecular formula is C35H25N. The largest absolute Gasteiger partial charge is 0.310 e. The van der Waals surface area contributed by atoms with Gasteiger partial charge in [-0.25, -0.2) is 0 Å². The molecule has 7 rings (SSSR count). The normalized spacial score (nSPS) is 11.5. The lowest BCUT2D eigenvalue weighted by Gasteiger charge is -2.26. The summed E-state index contributed by atoms with van der Waals surface area (Å²) in [7, 11) is 0. The molecule has 0 amide bonds. The SMILES string of the molecule is Cc1ccc(N(c2ccccc2)c2cccc(-c3ccc4c5c(cccc35)-c3ccccc3-4)c2)cc1. The predicted octanol–water partition coefficient (Wildman–Crippen LogP) is 9.93. The van der Waals surface area contributed by atoms with Gasteiger partial charge in [-0.1, -0.05) is 103 Å². The van der Waals surface area contributed by atoms with Gasteiger partial charge < -0.3 is 4.90 Å². The first-order chi connectivity index (χ1) is 17.8. The smallest absolute Gasteiger partial charge is 0.0467 e. The van der Waals surface area contributed by atoms with E-state index in [-0.39, 0.29) is 0 Å². The Kier molecular flexibility index (Phi) is 4.75. The molecule has 0 spiro atoms. The number of benzene rings is 6. The summed E-state index contributed by atoms with van der Waals surface area (Å²) in [6, 6.07) is 48.3. The molecule has 1 aliphatic carbocycles. The molecule has 0 saturated heterocycles. The van der Waals surface area contributed by atoms with Crippen molar-refractivity contribution in [2.24, 2.45) is 0 Å². The molecular weight excluding hydrogens is 434 g/mol. The van der Waals surface area contributed by atoms with E-state index in [0.29, 0.717) is 0 Å². The van der Waals surface area contributed by atoms with Gasteiger partial charge in [0.25, 0.3) is 0 Å². The van der Waals surface area contributed by atoms with Gasteiger partial charge in [0.2, 0.25) is 0 Å². The van der Waals surface area contributed by atoms with Gasteiger partial charge in [-0.3, -0.25) is 0 Å². The minimum atomic E-state index is 1.15. The number of aryl methyl sites for hydroxylation is 1. The highest BCUT2D eigenvalue weighted by Crippen LogP contribution is 2.49. The monoisotopic (exact) mass is 459 g/mol. The molecule has 0 atom stereocenters. The second-order valence-electron chi connectivity index (χ2n) is 9.49. The zero-order chi connectivity index (χ0) is 24.1. The number of fused-ring (bicyclic) bond motifs is 3. The summed E-state index contributed by atoms with van der Waals surface area (Å²) < 4.78 is 0. The van der Waals surface area contributed by atoms with E-state index in [1.165, 1.54) is 49.7 Å². The third-order valence-electron chi connectivity index (χ3n) is 7.27. The van der Waals surface area contributed by atoms with Crippen LogP contribution in [0.15, 0.2) is 133 Å². The zero-order valence-electron chi connectivity index (χ0n) is 20.1. The third kappa shape index (κ3) is 3.25. The molecule has 0 bridgehead atoms. The molecule has 1 nitrogen and oxygen atoms in total. The van der Waals surface area contributed by atoms with Crippen LogP contribution in [0.25, 0.3) is 44.2 Å². The van der Waals surface area contributed by atoms with Crippen LogP contribution in [-0.2, 0) is 0 Å². The van der Waals surface area contributed by atoms with Crippen molar-refractivity contribution in [3.63, 3.8) is 0 Å². The summed E-state index contributed by atoms with van der Waals surface area (Å²) in [5, 5.41) is 2.67. The van der Waals surface area contributed by atoms with E-state index in [2.05, 4.69) is 145 Å². The van der Waals surface area contributed by atoms with Gasteiger partial charge >= 0.3 is 0 Å². The van der Waals surface area contributed by atoms with Crippen molar-refractivity contribution in [2.75, 3.05) is 4.90 Å². The van der Waals surface area contributed by atoms with Crippen LogP contribution in [0, 0.1) is 6.92 Å². The van der Waals surface area contributed by atoms with Gasteiger partial charge in [0.05, 0.1) is 0 Å². The Labute approximate surface area is 211 Å². The number of anilines is 3. The number of nitrogens with zero attached hydrogens (tertiary/aromatic N) is 1. The Hall–Kier alpha value is -4.62. The molecule has 0 aromatic heterocycles. The molecule has 1 aliphatic rings. The van der Waals surface area contributed by atoms with Crippen LogP contribution in [0.5, 0.6) is 0 Å². The van der Waals surface area contributed by atoms with Crippen molar-refractivity contribution in [2.45, 2.75) is 6.92 Å². The Bertz CT molecular complexity index is 1700. The number of hydrogen-bond acceptors (Lipinski definition) is 1. The Morgan fingerprint density at radius 1 is 0.417 bits per heavy atom. The fraction of sp³-hybridized carbons (Fsp3) is 0.0286. The fourth-order valence-corrected chi connectivity index (χ4v) is 5.59. The first-order valence-electron chi connectivity index (χ1n) is 12.5. The van der Waals surface area contributed by atoms with E-state index in [1.54, 1.807) is 0 Å². The Morgan fingerprint density at radius 2 is 1.00 bits per heavy atom. The van der Waals surface area contributed by atoms with Crippen LogP contribution >= 0.6 is 0 Å². The summed E-state index contributed by atoms with van der Waals surface area (Å²) in [4.78, 5) is 2.33. The quantitative estimate of drug-likeness (QED) is 0.253. The van der Waals surface area contributed by atoms with E-state index >= 15 is 0 Å². The molecule has 0 fully saturated rings. The van der Waals surface area contributed by atoms with Crippen LogP contribution < -0.4 is 4.90 Å². The lowest BCUT2D eigenvalue weighted by Crippen LogP contribution is -2.09. The minimum Gasteiger partial charge on any atom is -0.310 e. The highest BCUT2D eigenvalue weighted by atomic mass is 15.1. The number of para-hydroxylation sites is 1. The van der Waals surface area contributed by atoms with Gasteiger partial charge in [0, 0.05) is 17.1 Å². The Balaban J connectivity index is 1.41. The Morgan fingerprint density at radius 3 is 1.78 bits per heavy atom. The summed E-state index contributed by atoms with van der Waals surface area (Å²) in [6.07, 6.45) is 0. The first-order valence-corrected chi connectivity index (χ1v) is 12.5. The van der Waals surface area contributed by atoms with Crippen molar-refractivity contribution in [1.82, 2.24) is 0 Å². The third-order valence-corrected chi connectivity index (χ3v) is 7.27. The van der Waals surface area contributed by atoms with Crippen LogP contribution in [0.2, 0.25) is 0 Å². The second-order valence-corrected chi connectivity index (χ2v) is 9.49. The van der Waals surface area contributed by atoms with Gasteiger partial charge in [-0.2, -0.15) is 0 Å². The van der Waals surface area contributed by atoms with Crippen molar-refractivity contribution in [3.05, 3.63) is 139 Å². The highest BCUT2D eigenvalue weighted by Gasteiger charge is 2.22. The molecule has 1 heteroatoms. The van der Waals surface area contributed by atoms with E-state index < -0.39 is 0 Å². The molecule has 6 aromatic rings. The number of hydrogen-bond donors (Lipinski definition) is 0. The summed E-state index contributed by atoms with van der Waals surface area (Å²) in [5.41, 5.74) is 12.5. The molecule has 170 valence electrons. The molecule has 0 heterocycles. The average molecular weight is 460 g/mol. The van der Waals surface area contributed by atoms with Crippen molar-refractivity contribution >= 4 is 27.8 Å². The maximum atomic E-state index is 2.33. The predicted molar refractivity (Wildman–Crippen MR) is 153 cm³/mol. The van der Waals surface area contributed by atoms with E-state index in [4.69, 9.17) is 0 Å². The average Bonchev–Trinajstić information content (AvgIpc) is 3.26. The lowest BCUT2D eigenvalue weighted by molar-refractivity contribution is 1.28. The van der Waals surface area contributed by atoms with E-state index in [1.807, 2.05) is 0 Å². The van der Waals surface area contributed by atoms with Crippen LogP contribution in [0.4, 0.5) is 17.1 Å². The van der Waals surface area contributed by atoms with Gasteiger partial charge in [0.15, 0.2) is 0 Å². The molecule has 0 saturated carbocycles. The van der Waals surface area contributed by atoms with E-state index in [0.717, 1.165) is 17.1 Å². The minimum absolute atomic E-state index is 1.15. The van der Waals surface area contributed by atoms with Crippen LogP contribution in [0.3, 0.4) is 0 Å². The fourth-order valence-electron chi connectivity index (χ4n) is 5.59. The van der Waals surface area contributed by atoms with Crippen LogP contribution in [-0.4, -0.2) is 0 Å². The molecule has 0 unspecified atom stereocenters. The van der Waals surface area contributed by atoms with Gasteiger partial charge in [-0.15, -0.1) is 0 Å². The van der Waals surface area contributed by atoms with Crippen molar-refractivity contribution in [3.8, 4) is 33.4 Å². The molecule has 0 N–H and O–H groups in total. The maximum Gasteiger partial charge on any atom is 0.0467 e. The van der Waals surface area contributed by atoms with Crippen molar-refractivity contribution in [1.29, 1.82) is 0 Å². The first kappa shape index (κ1) is 20.7. The lowest BCUT2D eigenvalue weighted by atomic mass is 9.94. The van der Waals surface area contributed by atoms with Crippen LogP contribution in [0.1, 0.15) is 5.56 Å². The summed E-state index contributed by atoms with van der Waals surface area (Å²) in [6.45, 7) is 2.13. The van der Waals surface area contributed by atoms with Crippen molar-refractivity contribution < 1.29 is 0 Å². The zero-order valence-corrected chi connectivity index (χ0v) is 20.1. The van der Waals surface area contributed by atoms with Gasteiger partial charge in [-0.05, 0) is 87.5 Å². The summed E-state index contributed by atoms with van der Waals surface area (Å²) in [5.74, 6) is 0.